The van der Waals surface area contributed by atoms with Gasteiger partial charge in [0.2, 0.25) is 0 Å². The number of hydrogen-bond donors (Lipinski definition) is 2. The van der Waals surface area contributed by atoms with Gasteiger partial charge in [-0.3, -0.25) is 4.72 Å². The van der Waals surface area contributed by atoms with Crippen LogP contribution in [0.4, 0.5) is 0 Å². The van der Waals surface area contributed by atoms with Crippen molar-refractivity contribution in [3.63, 3.8) is 0 Å². The van der Waals surface area contributed by atoms with Crippen molar-refractivity contribution >= 4 is 12.1 Å². The molecule has 1 aliphatic rings. The van der Waals surface area contributed by atoms with Gasteiger partial charge in [0.15, 0.2) is 0 Å². The predicted molar refractivity (Wildman–Crippen MR) is 79.5 cm³/mol. The normalized spacial score (nSPS) is 22.2. The van der Waals surface area contributed by atoms with E-state index in [-0.39, 0.29) is 0 Å². The average Bonchev–Trinajstić information content (AvgIpc) is 2.87. The summed E-state index contributed by atoms with van der Waals surface area (Å²) >= 11 is 1.57. The molecule has 5 heteroatoms. The lowest BCUT2D eigenvalue weighted by Crippen LogP contribution is -2.39. The minimum atomic E-state index is 0.563. The first-order valence-electron chi connectivity index (χ1n) is 6.54. The third-order valence-electron chi connectivity index (χ3n) is 3.57. The molecule has 3 rings (SSSR count). The molecule has 1 aromatic heterocycles. The van der Waals surface area contributed by atoms with Gasteiger partial charge in [0.05, 0.1) is 18.2 Å². The minimum Gasteiger partial charge on any atom is -0.327 e. The highest BCUT2D eigenvalue weighted by Gasteiger charge is 2.31. The smallest absolute Gasteiger partial charge is 0.0953 e. The van der Waals surface area contributed by atoms with Crippen LogP contribution >= 0.6 is 12.1 Å². The molecule has 1 aliphatic carbocycles. The number of hydrogen-bond acceptors (Lipinski definition) is 4. The minimum absolute atomic E-state index is 0.563. The van der Waals surface area contributed by atoms with Crippen LogP contribution in [0.3, 0.4) is 0 Å². The van der Waals surface area contributed by atoms with Gasteiger partial charge in [-0.25, -0.2) is 9.71 Å². The zero-order valence-corrected chi connectivity index (χ0v) is 11.7. The summed E-state index contributed by atoms with van der Waals surface area (Å²) in [4.78, 5) is 4.31. The zero-order chi connectivity index (χ0) is 13.1. The average molecular weight is 274 g/mol. The van der Waals surface area contributed by atoms with Gasteiger partial charge >= 0.3 is 0 Å². The molecule has 1 aromatic carbocycles. The molecule has 0 atom stereocenters. The second-order valence-corrected chi connectivity index (χ2v) is 5.65. The third-order valence-corrected chi connectivity index (χ3v) is 4.23. The van der Waals surface area contributed by atoms with Crippen LogP contribution in [0.1, 0.15) is 18.9 Å². The van der Waals surface area contributed by atoms with Crippen LogP contribution < -0.4 is 9.44 Å². The molecule has 0 aliphatic heterocycles. The van der Waals surface area contributed by atoms with E-state index >= 15 is 0 Å². The molecule has 1 saturated carbocycles. The van der Waals surface area contributed by atoms with Crippen molar-refractivity contribution in [1.29, 1.82) is 0 Å². The second-order valence-electron chi connectivity index (χ2n) is 4.80. The molecule has 19 heavy (non-hydrogen) atoms. The summed E-state index contributed by atoms with van der Waals surface area (Å²) in [6, 6.07) is 11.6. The van der Waals surface area contributed by atoms with Crippen molar-refractivity contribution < 1.29 is 0 Å². The lowest BCUT2D eigenvalue weighted by molar-refractivity contribution is 0.255. The van der Waals surface area contributed by atoms with Crippen molar-refractivity contribution in [3.8, 4) is 11.3 Å². The molecule has 100 valence electrons. The van der Waals surface area contributed by atoms with E-state index in [2.05, 4.69) is 43.3 Å². The van der Waals surface area contributed by atoms with Gasteiger partial charge in [-0.15, -0.1) is 0 Å². The van der Waals surface area contributed by atoms with Crippen LogP contribution in [-0.4, -0.2) is 22.6 Å². The number of benzene rings is 1. The van der Waals surface area contributed by atoms with E-state index in [0.29, 0.717) is 12.1 Å². The molecule has 2 aromatic rings. The van der Waals surface area contributed by atoms with Crippen molar-refractivity contribution in [3.05, 3.63) is 42.9 Å². The number of nitrogens with zero attached hydrogens (tertiary/aromatic N) is 2. The Balaban J connectivity index is 1.69. The Bertz CT molecular complexity index is 519. The summed E-state index contributed by atoms with van der Waals surface area (Å²) in [5.74, 6) is 0. The van der Waals surface area contributed by atoms with Crippen LogP contribution in [0.2, 0.25) is 0 Å². The maximum Gasteiger partial charge on any atom is 0.0953 e. The topological polar surface area (TPSA) is 41.9 Å². The first kappa shape index (κ1) is 12.7. The largest absolute Gasteiger partial charge is 0.327 e. The maximum atomic E-state index is 4.31. The maximum absolute atomic E-state index is 4.31. The lowest BCUT2D eigenvalue weighted by atomic mass is 9.87. The summed E-state index contributed by atoms with van der Waals surface area (Å²) in [6.07, 6.45) is 6.22. The molecular formula is C14H18N4S. The van der Waals surface area contributed by atoms with E-state index < -0.39 is 0 Å². The molecule has 1 fully saturated rings. The van der Waals surface area contributed by atoms with Crippen molar-refractivity contribution in [2.45, 2.75) is 24.9 Å². The number of aromatic nitrogens is 2. The molecule has 2 N–H and O–H groups in total. The van der Waals surface area contributed by atoms with E-state index in [1.165, 1.54) is 11.3 Å². The third kappa shape index (κ3) is 2.68. The second kappa shape index (κ2) is 5.77. The van der Waals surface area contributed by atoms with E-state index in [9.17, 15) is 0 Å². The molecule has 0 amide bonds. The number of rotatable bonds is 5. The van der Waals surface area contributed by atoms with Crippen LogP contribution in [0.25, 0.3) is 11.3 Å². The Kier molecular flexibility index (Phi) is 3.87. The molecule has 0 unspecified atom stereocenters. The summed E-state index contributed by atoms with van der Waals surface area (Å²) < 4.78 is 8.73. The molecule has 0 radical (unpaired) electrons. The highest BCUT2D eigenvalue weighted by molar-refractivity contribution is 7.95. The van der Waals surface area contributed by atoms with Gasteiger partial charge in [0.25, 0.3) is 0 Å². The van der Waals surface area contributed by atoms with E-state index in [4.69, 9.17) is 0 Å². The monoisotopic (exact) mass is 274 g/mol. The fraction of sp³-hybridized carbons (Fsp3) is 0.357. The molecule has 0 bridgehead atoms. The summed E-state index contributed by atoms with van der Waals surface area (Å²) in [5, 5.41) is 0. The molecule has 1 heterocycles. The first-order chi connectivity index (χ1) is 9.38. The van der Waals surface area contributed by atoms with Crippen LogP contribution in [0.5, 0.6) is 0 Å². The van der Waals surface area contributed by atoms with Crippen molar-refractivity contribution in [1.82, 2.24) is 19.0 Å². The highest BCUT2D eigenvalue weighted by atomic mass is 32.2. The van der Waals surface area contributed by atoms with Gasteiger partial charge in [-0.05, 0) is 25.5 Å². The number of nitrogens with one attached hydrogen (secondary N) is 2. The Morgan fingerprint density at radius 2 is 2.05 bits per heavy atom. The lowest BCUT2D eigenvalue weighted by Gasteiger charge is -2.37. The van der Waals surface area contributed by atoms with Gasteiger partial charge in [0, 0.05) is 24.2 Å². The van der Waals surface area contributed by atoms with E-state index in [1.54, 1.807) is 12.1 Å². The van der Waals surface area contributed by atoms with Gasteiger partial charge in [0.1, 0.15) is 0 Å². The van der Waals surface area contributed by atoms with Gasteiger partial charge in [-0.2, -0.15) is 0 Å². The van der Waals surface area contributed by atoms with Crippen LogP contribution in [0, 0.1) is 0 Å². The highest BCUT2D eigenvalue weighted by Crippen LogP contribution is 2.36. The van der Waals surface area contributed by atoms with E-state index in [0.717, 1.165) is 12.8 Å². The summed E-state index contributed by atoms with van der Waals surface area (Å²) in [5.41, 5.74) is 2.45. The zero-order valence-electron chi connectivity index (χ0n) is 10.9. The van der Waals surface area contributed by atoms with Gasteiger partial charge < -0.3 is 4.57 Å². The SMILES string of the molecule is CNSNC1CC(n2cncc2-c2ccccc2)C1. The quantitative estimate of drug-likeness (QED) is 0.823. The molecule has 0 spiro atoms. The fourth-order valence-corrected chi connectivity index (χ4v) is 2.96. The fourth-order valence-electron chi connectivity index (χ4n) is 2.48. The number of imidazole rings is 1. The first-order valence-corrected chi connectivity index (χ1v) is 7.35. The van der Waals surface area contributed by atoms with Crippen molar-refractivity contribution in [2.75, 3.05) is 7.05 Å². The Hall–Kier alpha value is -1.30. The molecular weight excluding hydrogens is 256 g/mol. The van der Waals surface area contributed by atoms with Crippen LogP contribution in [0.15, 0.2) is 42.9 Å². The Morgan fingerprint density at radius 1 is 1.26 bits per heavy atom. The summed E-state index contributed by atoms with van der Waals surface area (Å²) in [6.45, 7) is 0. The van der Waals surface area contributed by atoms with Gasteiger partial charge in [-0.1, -0.05) is 30.3 Å². The van der Waals surface area contributed by atoms with Crippen molar-refractivity contribution in [2.24, 2.45) is 0 Å². The predicted octanol–water partition coefficient (Wildman–Crippen LogP) is 2.63. The standard InChI is InChI=1S/C14H18N4S/c1-15-19-17-12-7-13(8-12)18-10-16-9-14(18)11-5-3-2-4-6-11/h2-6,9-10,12-13,15,17H,7-8H2,1H3. The van der Waals surface area contributed by atoms with Crippen LogP contribution in [-0.2, 0) is 0 Å². The van der Waals surface area contributed by atoms with E-state index in [1.807, 2.05) is 25.6 Å². The Morgan fingerprint density at radius 3 is 2.79 bits per heavy atom. The summed E-state index contributed by atoms with van der Waals surface area (Å²) in [7, 11) is 1.93. The molecule has 0 saturated heterocycles. The Labute approximate surface area is 117 Å². The molecule has 4 nitrogen and oxygen atoms in total.